The molecule has 0 saturated heterocycles. The Morgan fingerprint density at radius 1 is 1.00 bits per heavy atom. The van der Waals surface area contributed by atoms with Crippen molar-refractivity contribution in [2.75, 3.05) is 18.1 Å². The van der Waals surface area contributed by atoms with E-state index in [-0.39, 0.29) is 25.5 Å². The van der Waals surface area contributed by atoms with E-state index < -0.39 is 5.97 Å². The van der Waals surface area contributed by atoms with Gasteiger partial charge in [-0.15, -0.1) is 11.3 Å². The van der Waals surface area contributed by atoms with E-state index in [4.69, 9.17) is 9.47 Å². The van der Waals surface area contributed by atoms with Crippen molar-refractivity contribution >= 4 is 28.2 Å². The van der Waals surface area contributed by atoms with Gasteiger partial charge in [0.25, 0.3) is 0 Å². The maximum atomic E-state index is 12.9. The molecule has 0 spiro atoms. The van der Waals surface area contributed by atoms with Gasteiger partial charge in [0.1, 0.15) is 18.0 Å². The third-order valence-corrected chi connectivity index (χ3v) is 5.20. The maximum absolute atomic E-state index is 12.9. The molecule has 3 rings (SSSR count). The fourth-order valence-corrected chi connectivity index (χ4v) is 3.67. The average Bonchev–Trinajstić information content (AvgIpc) is 3.14. The van der Waals surface area contributed by atoms with E-state index in [1.54, 1.807) is 6.92 Å². The highest BCUT2D eigenvalue weighted by Crippen LogP contribution is 2.26. The smallest absolute Gasteiger partial charge is 0.326 e. The van der Waals surface area contributed by atoms with Gasteiger partial charge in [-0.3, -0.25) is 14.5 Å². The molecule has 0 atom stereocenters. The fraction of sp³-hybridized carbons (Fsp3) is 0.217. The number of benzene rings is 2. The minimum absolute atomic E-state index is 0.0954. The van der Waals surface area contributed by atoms with E-state index in [0.717, 1.165) is 21.9 Å². The molecule has 0 aliphatic heterocycles. The van der Waals surface area contributed by atoms with E-state index in [0.29, 0.717) is 5.75 Å². The number of aryl methyl sites for hydroxylation is 1. The summed E-state index contributed by atoms with van der Waals surface area (Å²) in [6, 6.07) is 18.8. The number of esters is 1. The van der Waals surface area contributed by atoms with Gasteiger partial charge in [-0.2, -0.15) is 0 Å². The SMILES string of the molecule is CCOC(=O)CN(C(=O)Cc1ccc(Oc2ccccc2)cc1)c1cc(C)cs1. The standard InChI is InChI=1S/C23H23NO4S/c1-3-27-23(26)15-24(22-13-17(2)16-29-22)21(25)14-18-9-11-20(12-10-18)28-19-7-5-4-6-8-19/h4-13,16H,3,14-15H2,1-2H3. The summed E-state index contributed by atoms with van der Waals surface area (Å²) in [5.41, 5.74) is 1.90. The Morgan fingerprint density at radius 3 is 2.31 bits per heavy atom. The number of thiophene rings is 1. The summed E-state index contributed by atoms with van der Waals surface area (Å²) in [5, 5.41) is 2.70. The zero-order valence-corrected chi connectivity index (χ0v) is 17.3. The van der Waals surface area contributed by atoms with Crippen LogP contribution in [0.25, 0.3) is 0 Å². The molecule has 0 bridgehead atoms. The second kappa shape index (κ2) is 9.89. The van der Waals surface area contributed by atoms with Crippen LogP contribution in [0.1, 0.15) is 18.1 Å². The summed E-state index contributed by atoms with van der Waals surface area (Å²) >= 11 is 1.44. The van der Waals surface area contributed by atoms with Crippen LogP contribution in [-0.2, 0) is 20.7 Å². The third kappa shape index (κ3) is 5.93. The van der Waals surface area contributed by atoms with Crippen LogP contribution in [0.4, 0.5) is 5.00 Å². The highest BCUT2D eigenvalue weighted by atomic mass is 32.1. The maximum Gasteiger partial charge on any atom is 0.326 e. The van der Waals surface area contributed by atoms with Crippen LogP contribution in [0, 0.1) is 6.92 Å². The Labute approximate surface area is 174 Å². The van der Waals surface area contributed by atoms with Gasteiger partial charge in [-0.1, -0.05) is 30.3 Å². The zero-order valence-electron chi connectivity index (χ0n) is 16.5. The van der Waals surface area contributed by atoms with Crippen molar-refractivity contribution < 1.29 is 19.1 Å². The highest BCUT2D eigenvalue weighted by molar-refractivity contribution is 7.14. The predicted molar refractivity (Wildman–Crippen MR) is 115 cm³/mol. The Hall–Kier alpha value is -3.12. The summed E-state index contributed by atoms with van der Waals surface area (Å²) in [6.45, 7) is 3.89. The molecular weight excluding hydrogens is 386 g/mol. The topological polar surface area (TPSA) is 55.8 Å². The molecule has 0 aliphatic carbocycles. The van der Waals surface area contributed by atoms with E-state index >= 15 is 0 Å². The Bertz CT molecular complexity index is 951. The van der Waals surface area contributed by atoms with E-state index in [2.05, 4.69) is 0 Å². The first-order valence-corrected chi connectivity index (χ1v) is 10.3. The number of rotatable bonds is 8. The lowest BCUT2D eigenvalue weighted by Crippen LogP contribution is -2.37. The summed E-state index contributed by atoms with van der Waals surface area (Å²) in [4.78, 5) is 26.4. The van der Waals surface area contributed by atoms with Gasteiger partial charge in [0.2, 0.25) is 5.91 Å². The molecule has 5 nitrogen and oxygen atoms in total. The number of nitrogens with zero attached hydrogens (tertiary/aromatic N) is 1. The Morgan fingerprint density at radius 2 is 1.69 bits per heavy atom. The highest BCUT2D eigenvalue weighted by Gasteiger charge is 2.21. The molecule has 1 aromatic heterocycles. The van der Waals surface area contributed by atoms with Crippen molar-refractivity contribution in [3.05, 3.63) is 77.2 Å². The van der Waals surface area contributed by atoms with Gasteiger partial charge < -0.3 is 9.47 Å². The van der Waals surface area contributed by atoms with Crippen LogP contribution >= 0.6 is 11.3 Å². The molecule has 0 unspecified atom stereocenters. The van der Waals surface area contributed by atoms with Gasteiger partial charge in [0, 0.05) is 0 Å². The van der Waals surface area contributed by atoms with Crippen molar-refractivity contribution in [3.8, 4) is 11.5 Å². The number of amides is 1. The van der Waals surface area contributed by atoms with Crippen LogP contribution in [-0.4, -0.2) is 25.0 Å². The number of para-hydroxylation sites is 1. The number of anilines is 1. The van der Waals surface area contributed by atoms with Crippen molar-refractivity contribution in [2.24, 2.45) is 0 Å². The van der Waals surface area contributed by atoms with Crippen LogP contribution in [0.5, 0.6) is 11.5 Å². The fourth-order valence-electron chi connectivity index (χ4n) is 2.75. The number of hydrogen-bond donors (Lipinski definition) is 0. The van der Waals surface area contributed by atoms with Gasteiger partial charge in [0.15, 0.2) is 0 Å². The van der Waals surface area contributed by atoms with Crippen LogP contribution < -0.4 is 9.64 Å². The first kappa shape index (κ1) is 20.6. The minimum atomic E-state index is -0.418. The molecule has 2 aromatic carbocycles. The monoisotopic (exact) mass is 409 g/mol. The molecular formula is C23H23NO4S. The summed E-state index contributed by atoms with van der Waals surface area (Å²) in [6.07, 6.45) is 0.183. The van der Waals surface area contributed by atoms with E-state index in [1.165, 1.54) is 16.2 Å². The molecule has 150 valence electrons. The number of carbonyl (C=O) groups is 2. The summed E-state index contributed by atoms with van der Waals surface area (Å²) < 4.78 is 10.8. The molecule has 0 aliphatic rings. The number of carbonyl (C=O) groups excluding carboxylic acids is 2. The zero-order chi connectivity index (χ0) is 20.6. The normalized spacial score (nSPS) is 10.4. The molecule has 1 amide bonds. The lowest BCUT2D eigenvalue weighted by Gasteiger charge is -2.20. The minimum Gasteiger partial charge on any atom is -0.465 e. The molecule has 0 saturated carbocycles. The summed E-state index contributed by atoms with van der Waals surface area (Å²) in [5.74, 6) is 0.879. The van der Waals surface area contributed by atoms with Crippen LogP contribution in [0.15, 0.2) is 66.0 Å². The second-order valence-electron chi connectivity index (χ2n) is 6.48. The lowest BCUT2D eigenvalue weighted by molar-refractivity contribution is -0.142. The summed E-state index contributed by atoms with van der Waals surface area (Å²) in [7, 11) is 0. The Balaban J connectivity index is 1.69. The largest absolute Gasteiger partial charge is 0.465 e. The quantitative estimate of drug-likeness (QED) is 0.492. The molecule has 1 heterocycles. The lowest BCUT2D eigenvalue weighted by atomic mass is 10.1. The molecule has 0 fully saturated rings. The molecule has 3 aromatic rings. The first-order chi connectivity index (χ1) is 14.0. The average molecular weight is 410 g/mol. The van der Waals surface area contributed by atoms with Crippen molar-refractivity contribution in [1.29, 1.82) is 0 Å². The first-order valence-electron chi connectivity index (χ1n) is 9.38. The predicted octanol–water partition coefficient (Wildman–Crippen LogP) is 4.99. The molecule has 29 heavy (non-hydrogen) atoms. The van der Waals surface area contributed by atoms with Crippen molar-refractivity contribution in [1.82, 2.24) is 0 Å². The van der Waals surface area contributed by atoms with E-state index in [1.807, 2.05) is 73.0 Å². The second-order valence-corrected chi connectivity index (χ2v) is 7.37. The number of ether oxygens (including phenoxy) is 2. The van der Waals surface area contributed by atoms with Crippen LogP contribution in [0.3, 0.4) is 0 Å². The molecule has 0 N–H and O–H groups in total. The van der Waals surface area contributed by atoms with Gasteiger partial charge in [0.05, 0.1) is 18.0 Å². The number of hydrogen-bond acceptors (Lipinski definition) is 5. The Kier molecular flexibility index (Phi) is 7.03. The van der Waals surface area contributed by atoms with Gasteiger partial charge in [-0.05, 0) is 60.7 Å². The van der Waals surface area contributed by atoms with E-state index in [9.17, 15) is 9.59 Å². The van der Waals surface area contributed by atoms with Gasteiger partial charge >= 0.3 is 5.97 Å². The van der Waals surface area contributed by atoms with Crippen LogP contribution in [0.2, 0.25) is 0 Å². The molecule has 6 heteroatoms. The van der Waals surface area contributed by atoms with Crippen molar-refractivity contribution in [3.63, 3.8) is 0 Å². The van der Waals surface area contributed by atoms with Crippen molar-refractivity contribution in [2.45, 2.75) is 20.3 Å². The molecule has 0 radical (unpaired) electrons. The third-order valence-electron chi connectivity index (χ3n) is 4.13. The van der Waals surface area contributed by atoms with Gasteiger partial charge in [-0.25, -0.2) is 0 Å².